The minimum absolute atomic E-state index is 0.385. The van der Waals surface area contributed by atoms with Crippen LogP contribution in [0.25, 0.3) is 0 Å². The van der Waals surface area contributed by atoms with Crippen molar-refractivity contribution in [2.24, 2.45) is 0 Å². The van der Waals surface area contributed by atoms with Crippen molar-refractivity contribution in [2.45, 2.75) is 13.5 Å². The first-order chi connectivity index (χ1) is 9.69. The van der Waals surface area contributed by atoms with Gasteiger partial charge in [-0.2, -0.15) is 0 Å². The molecule has 2 rings (SSSR count). The molecule has 6 nitrogen and oxygen atoms in total. The maximum atomic E-state index is 5.49. The van der Waals surface area contributed by atoms with E-state index in [9.17, 15) is 0 Å². The molecule has 108 valence electrons. The van der Waals surface area contributed by atoms with Crippen LogP contribution < -0.4 is 10.6 Å². The Balaban J connectivity index is 1.90. The lowest BCUT2D eigenvalue weighted by Crippen LogP contribution is -2.18. The third-order valence-corrected chi connectivity index (χ3v) is 3.53. The third-order valence-electron chi connectivity index (χ3n) is 2.64. The minimum Gasteiger partial charge on any atom is -0.406 e. The molecule has 0 saturated heterocycles. The number of nitrogens with one attached hydrogen (secondary N) is 2. The van der Waals surface area contributed by atoms with E-state index in [1.165, 1.54) is 0 Å². The van der Waals surface area contributed by atoms with Gasteiger partial charge in [-0.05, 0) is 30.7 Å². The first kappa shape index (κ1) is 15.0. The van der Waals surface area contributed by atoms with Gasteiger partial charge in [0.1, 0.15) is 0 Å². The fourth-order valence-electron chi connectivity index (χ4n) is 1.59. The normalized spacial score (nSPS) is 10.8. The van der Waals surface area contributed by atoms with Crippen molar-refractivity contribution < 1.29 is 9.15 Å². The monoisotopic (exact) mass is 340 g/mol. The summed E-state index contributed by atoms with van der Waals surface area (Å²) in [4.78, 5) is 0. The molecule has 2 N–H and O–H groups in total. The smallest absolute Gasteiger partial charge is 0.320 e. The summed E-state index contributed by atoms with van der Waals surface area (Å²) in [6.45, 7) is 3.94. The Morgan fingerprint density at radius 3 is 2.95 bits per heavy atom. The van der Waals surface area contributed by atoms with Gasteiger partial charge in [-0.15, -0.1) is 5.10 Å². The van der Waals surface area contributed by atoms with Crippen molar-refractivity contribution >= 4 is 27.6 Å². The molecule has 0 saturated carbocycles. The van der Waals surface area contributed by atoms with E-state index >= 15 is 0 Å². The lowest BCUT2D eigenvalue weighted by atomic mass is 10.2. The molecule has 0 aliphatic rings. The van der Waals surface area contributed by atoms with Crippen LogP contribution in [0.3, 0.4) is 0 Å². The van der Waals surface area contributed by atoms with Crippen LogP contribution in [-0.4, -0.2) is 30.5 Å². The number of anilines is 2. The number of rotatable bonds is 7. The van der Waals surface area contributed by atoms with E-state index in [1.807, 2.05) is 25.1 Å². The molecule has 7 heteroatoms. The number of nitrogens with zero attached hydrogens (tertiary/aromatic N) is 2. The van der Waals surface area contributed by atoms with Gasteiger partial charge in [-0.1, -0.05) is 21.0 Å². The number of ether oxygens (including phenoxy) is 1. The summed E-state index contributed by atoms with van der Waals surface area (Å²) in [6, 6.07) is 6.30. The molecule has 0 fully saturated rings. The van der Waals surface area contributed by atoms with Crippen LogP contribution in [0, 0.1) is 6.92 Å². The molecule has 1 heterocycles. The summed E-state index contributed by atoms with van der Waals surface area (Å²) < 4.78 is 11.5. The summed E-state index contributed by atoms with van der Waals surface area (Å²) >= 11 is 3.46. The van der Waals surface area contributed by atoms with Crippen LogP contribution in [0.15, 0.2) is 27.1 Å². The molecule has 0 bridgehead atoms. The SMILES string of the molecule is COCCNCc1nnc(Nc2ccc(Br)c(C)c2)o1. The highest BCUT2D eigenvalue weighted by molar-refractivity contribution is 9.10. The van der Waals surface area contributed by atoms with E-state index in [0.29, 0.717) is 25.1 Å². The van der Waals surface area contributed by atoms with Gasteiger partial charge in [0.2, 0.25) is 5.89 Å². The highest BCUT2D eigenvalue weighted by Gasteiger charge is 2.06. The van der Waals surface area contributed by atoms with E-state index in [0.717, 1.165) is 22.3 Å². The van der Waals surface area contributed by atoms with Crippen molar-refractivity contribution in [3.05, 3.63) is 34.1 Å². The maximum Gasteiger partial charge on any atom is 0.320 e. The van der Waals surface area contributed by atoms with Crippen LogP contribution in [0.4, 0.5) is 11.7 Å². The molecule has 0 spiro atoms. The number of hydrogen-bond acceptors (Lipinski definition) is 6. The van der Waals surface area contributed by atoms with Gasteiger partial charge in [-0.25, -0.2) is 0 Å². The lowest BCUT2D eigenvalue weighted by Gasteiger charge is -2.03. The Kier molecular flexibility index (Phi) is 5.51. The highest BCUT2D eigenvalue weighted by Crippen LogP contribution is 2.22. The van der Waals surface area contributed by atoms with Gasteiger partial charge in [0, 0.05) is 23.8 Å². The van der Waals surface area contributed by atoms with Gasteiger partial charge in [0.05, 0.1) is 13.2 Å². The molecule has 1 aromatic heterocycles. The Morgan fingerprint density at radius 1 is 1.35 bits per heavy atom. The van der Waals surface area contributed by atoms with E-state index in [4.69, 9.17) is 9.15 Å². The Hall–Kier alpha value is -1.44. The molecule has 0 amide bonds. The van der Waals surface area contributed by atoms with Crippen molar-refractivity contribution in [1.82, 2.24) is 15.5 Å². The number of aryl methyl sites for hydroxylation is 1. The molecule has 0 radical (unpaired) electrons. The molecule has 1 aromatic carbocycles. The quantitative estimate of drug-likeness (QED) is 0.755. The summed E-state index contributed by atoms with van der Waals surface area (Å²) in [5, 5.41) is 14.1. The van der Waals surface area contributed by atoms with Gasteiger partial charge in [-0.3, -0.25) is 0 Å². The largest absolute Gasteiger partial charge is 0.406 e. The topological polar surface area (TPSA) is 72.2 Å². The van der Waals surface area contributed by atoms with Crippen LogP contribution in [-0.2, 0) is 11.3 Å². The summed E-state index contributed by atoms with van der Waals surface area (Å²) in [5.74, 6) is 0.539. The summed E-state index contributed by atoms with van der Waals surface area (Å²) in [7, 11) is 1.66. The number of hydrogen-bond donors (Lipinski definition) is 2. The van der Waals surface area contributed by atoms with E-state index in [2.05, 4.69) is 36.8 Å². The maximum absolute atomic E-state index is 5.49. The second-order valence-corrected chi connectivity index (χ2v) is 5.11. The minimum atomic E-state index is 0.385. The number of aromatic nitrogens is 2. The standard InChI is InChI=1S/C13H17BrN4O2/c1-9-7-10(3-4-11(9)14)16-13-18-17-12(20-13)8-15-5-6-19-2/h3-4,7,15H,5-6,8H2,1-2H3,(H,16,18). The highest BCUT2D eigenvalue weighted by atomic mass is 79.9. The fraction of sp³-hybridized carbons (Fsp3) is 0.385. The first-order valence-electron chi connectivity index (χ1n) is 6.24. The van der Waals surface area contributed by atoms with Gasteiger partial charge < -0.3 is 19.8 Å². The van der Waals surface area contributed by atoms with Crippen molar-refractivity contribution in [1.29, 1.82) is 0 Å². The fourth-order valence-corrected chi connectivity index (χ4v) is 1.84. The molecule has 0 atom stereocenters. The Morgan fingerprint density at radius 2 is 2.20 bits per heavy atom. The average molecular weight is 341 g/mol. The lowest BCUT2D eigenvalue weighted by molar-refractivity contribution is 0.198. The Bertz CT molecular complexity index is 559. The molecular formula is C13H17BrN4O2. The molecule has 0 aliphatic carbocycles. The first-order valence-corrected chi connectivity index (χ1v) is 7.03. The molecular weight excluding hydrogens is 324 g/mol. The number of halogens is 1. The summed E-state index contributed by atoms with van der Waals surface area (Å²) in [5.41, 5.74) is 2.05. The predicted octanol–water partition coefficient (Wildman–Crippen LogP) is 2.62. The van der Waals surface area contributed by atoms with Crippen LogP contribution >= 0.6 is 15.9 Å². The zero-order valence-corrected chi connectivity index (χ0v) is 13.0. The van der Waals surface area contributed by atoms with Crippen molar-refractivity contribution in [3.63, 3.8) is 0 Å². The van der Waals surface area contributed by atoms with E-state index < -0.39 is 0 Å². The molecule has 0 unspecified atom stereocenters. The predicted molar refractivity (Wildman–Crippen MR) is 80.0 cm³/mol. The van der Waals surface area contributed by atoms with Gasteiger partial charge >= 0.3 is 6.01 Å². The van der Waals surface area contributed by atoms with Crippen LogP contribution in [0.5, 0.6) is 0 Å². The van der Waals surface area contributed by atoms with E-state index in [-0.39, 0.29) is 0 Å². The zero-order chi connectivity index (χ0) is 14.4. The second kappa shape index (κ2) is 7.37. The van der Waals surface area contributed by atoms with Gasteiger partial charge in [0.25, 0.3) is 0 Å². The van der Waals surface area contributed by atoms with E-state index in [1.54, 1.807) is 7.11 Å². The average Bonchev–Trinajstić information content (AvgIpc) is 2.87. The Labute approximate surface area is 126 Å². The van der Waals surface area contributed by atoms with Crippen LogP contribution in [0.1, 0.15) is 11.5 Å². The van der Waals surface area contributed by atoms with Crippen molar-refractivity contribution in [2.75, 3.05) is 25.6 Å². The zero-order valence-electron chi connectivity index (χ0n) is 11.4. The van der Waals surface area contributed by atoms with Crippen LogP contribution in [0.2, 0.25) is 0 Å². The number of benzene rings is 1. The summed E-state index contributed by atoms with van der Waals surface area (Å²) in [6.07, 6.45) is 0. The third kappa shape index (κ3) is 4.29. The molecule has 20 heavy (non-hydrogen) atoms. The van der Waals surface area contributed by atoms with Gasteiger partial charge in [0.15, 0.2) is 0 Å². The molecule has 0 aliphatic heterocycles. The second-order valence-electron chi connectivity index (χ2n) is 4.26. The number of methoxy groups -OCH3 is 1. The molecule has 2 aromatic rings. The van der Waals surface area contributed by atoms with Crippen molar-refractivity contribution in [3.8, 4) is 0 Å².